The van der Waals surface area contributed by atoms with E-state index in [1.54, 1.807) is 42.3 Å². The molecule has 1 unspecified atom stereocenters. The second-order valence-corrected chi connectivity index (χ2v) is 10.6. The fourth-order valence-corrected chi connectivity index (χ4v) is 5.85. The van der Waals surface area contributed by atoms with Crippen molar-refractivity contribution in [1.82, 2.24) is 10.3 Å². The predicted molar refractivity (Wildman–Crippen MR) is 142 cm³/mol. The summed E-state index contributed by atoms with van der Waals surface area (Å²) in [5, 5.41) is 4.03. The first-order chi connectivity index (χ1) is 17.9. The average molecular weight is 522 g/mol. The third-order valence-corrected chi connectivity index (χ3v) is 7.90. The van der Waals surface area contributed by atoms with Crippen molar-refractivity contribution in [2.75, 3.05) is 18.8 Å². The van der Waals surface area contributed by atoms with Crippen molar-refractivity contribution in [2.24, 2.45) is 0 Å². The van der Waals surface area contributed by atoms with Gasteiger partial charge in [-0.25, -0.2) is 4.98 Å². The lowest BCUT2D eigenvalue weighted by atomic mass is 9.94. The van der Waals surface area contributed by atoms with E-state index in [0.29, 0.717) is 39.1 Å². The van der Waals surface area contributed by atoms with Gasteiger partial charge in [-0.1, -0.05) is 31.4 Å². The number of methoxy groups -OCH3 is 1. The van der Waals surface area contributed by atoms with Crippen molar-refractivity contribution >= 4 is 28.8 Å². The predicted octanol–water partition coefficient (Wildman–Crippen LogP) is 5.33. The molecule has 1 atom stereocenters. The Hall–Kier alpha value is -3.59. The average Bonchev–Trinajstić information content (AvgIpc) is 3.52. The summed E-state index contributed by atoms with van der Waals surface area (Å²) in [6.07, 6.45) is 5.23. The zero-order valence-electron chi connectivity index (χ0n) is 21.3. The van der Waals surface area contributed by atoms with Crippen molar-refractivity contribution in [1.29, 1.82) is 0 Å². The lowest BCUT2D eigenvalue weighted by Gasteiger charge is -2.33. The summed E-state index contributed by atoms with van der Waals surface area (Å²) in [6.45, 7) is 3.80. The zero-order chi connectivity index (χ0) is 25.9. The van der Waals surface area contributed by atoms with E-state index in [1.165, 1.54) is 17.8 Å². The van der Waals surface area contributed by atoms with E-state index in [0.717, 1.165) is 30.7 Å². The molecule has 8 nitrogen and oxygen atoms in total. The molecule has 37 heavy (non-hydrogen) atoms. The van der Waals surface area contributed by atoms with Crippen molar-refractivity contribution in [2.45, 2.75) is 58.0 Å². The van der Waals surface area contributed by atoms with Gasteiger partial charge >= 0.3 is 0 Å². The number of nitrogens with zero attached hydrogens (tertiary/aromatic N) is 2. The number of hydrogen-bond donors (Lipinski definition) is 1. The molecule has 0 bridgehead atoms. The minimum Gasteiger partial charge on any atom is -0.497 e. The fraction of sp³-hybridized carbons (Fsp3) is 0.393. The van der Waals surface area contributed by atoms with Gasteiger partial charge in [-0.05, 0) is 56.5 Å². The second-order valence-electron chi connectivity index (χ2n) is 9.38. The highest BCUT2D eigenvalue weighted by atomic mass is 32.1. The van der Waals surface area contributed by atoms with Crippen molar-refractivity contribution in [3.63, 3.8) is 0 Å². The smallest absolute Gasteiger partial charge is 0.271 e. The Bertz CT molecular complexity index is 1280. The monoisotopic (exact) mass is 521 g/mol. The fourth-order valence-electron chi connectivity index (χ4n) is 4.99. The topological polar surface area (TPSA) is 90.0 Å². The van der Waals surface area contributed by atoms with E-state index in [1.807, 2.05) is 26.0 Å². The van der Waals surface area contributed by atoms with E-state index in [-0.39, 0.29) is 24.6 Å². The third kappa shape index (κ3) is 5.27. The minimum absolute atomic E-state index is 0.0862. The highest BCUT2D eigenvalue weighted by molar-refractivity contribution is 7.13. The molecule has 2 aromatic carbocycles. The van der Waals surface area contributed by atoms with Crippen molar-refractivity contribution in [3.8, 4) is 17.2 Å². The lowest BCUT2D eigenvalue weighted by Crippen LogP contribution is -2.47. The molecule has 0 spiro atoms. The Morgan fingerprint density at radius 3 is 2.46 bits per heavy atom. The number of hydrogen-bond acceptors (Lipinski definition) is 7. The molecule has 1 aliphatic heterocycles. The van der Waals surface area contributed by atoms with E-state index >= 15 is 0 Å². The number of nitrogens with one attached hydrogen (secondary N) is 1. The molecule has 3 aromatic rings. The first-order valence-corrected chi connectivity index (χ1v) is 13.4. The van der Waals surface area contributed by atoms with Crippen LogP contribution in [0.3, 0.4) is 0 Å². The summed E-state index contributed by atoms with van der Waals surface area (Å²) in [5.74, 6) is 1.30. The van der Waals surface area contributed by atoms with E-state index < -0.39 is 6.04 Å². The molecule has 5 rings (SSSR count). The zero-order valence-corrected chi connectivity index (χ0v) is 22.1. The van der Waals surface area contributed by atoms with Crippen LogP contribution in [0.5, 0.6) is 17.2 Å². The first kappa shape index (κ1) is 25.1. The highest BCUT2D eigenvalue weighted by Crippen LogP contribution is 2.39. The molecule has 194 valence electrons. The number of thiazole rings is 1. The van der Waals surface area contributed by atoms with Gasteiger partial charge in [0, 0.05) is 17.8 Å². The van der Waals surface area contributed by atoms with Crippen LogP contribution in [0.2, 0.25) is 0 Å². The van der Waals surface area contributed by atoms with Crippen molar-refractivity contribution < 1.29 is 23.8 Å². The van der Waals surface area contributed by atoms with Crippen LogP contribution in [0.1, 0.15) is 64.1 Å². The maximum absolute atomic E-state index is 14.2. The number of anilines is 1. The molecule has 1 fully saturated rings. The van der Waals surface area contributed by atoms with Crippen LogP contribution in [0.4, 0.5) is 5.69 Å². The van der Waals surface area contributed by atoms with Gasteiger partial charge in [0.2, 0.25) is 12.7 Å². The summed E-state index contributed by atoms with van der Waals surface area (Å²) in [7, 11) is 1.60. The van der Waals surface area contributed by atoms with E-state index in [2.05, 4.69) is 10.3 Å². The van der Waals surface area contributed by atoms with E-state index in [9.17, 15) is 9.59 Å². The van der Waals surface area contributed by atoms with Gasteiger partial charge in [0.1, 0.15) is 16.7 Å². The maximum Gasteiger partial charge on any atom is 0.271 e. The molecule has 1 aromatic heterocycles. The number of aromatic nitrogens is 1. The summed E-state index contributed by atoms with van der Waals surface area (Å²) in [6, 6.07) is 11.8. The maximum atomic E-state index is 14.2. The third-order valence-electron chi connectivity index (χ3n) is 6.84. The van der Waals surface area contributed by atoms with Gasteiger partial charge < -0.3 is 19.5 Å². The van der Waals surface area contributed by atoms with Crippen LogP contribution in [0.15, 0.2) is 42.5 Å². The molecule has 0 saturated heterocycles. The number of ether oxygens (including phenoxy) is 3. The molecule has 0 radical (unpaired) electrons. The summed E-state index contributed by atoms with van der Waals surface area (Å²) in [4.78, 5) is 34.8. The van der Waals surface area contributed by atoms with Gasteiger partial charge in [-0.3, -0.25) is 14.5 Å². The molecule has 9 heteroatoms. The SMILES string of the molecule is COc1ccc(C(C(=O)NC2CCCCC2)N(C(=O)c2sc(C)nc2C)c2ccc3c(c2)OCO3)cc1. The number of amides is 2. The highest BCUT2D eigenvalue weighted by Gasteiger charge is 2.36. The lowest BCUT2D eigenvalue weighted by molar-refractivity contribution is -0.123. The largest absolute Gasteiger partial charge is 0.497 e. The van der Waals surface area contributed by atoms with E-state index in [4.69, 9.17) is 14.2 Å². The normalized spacial score (nSPS) is 15.8. The van der Waals surface area contributed by atoms with Gasteiger partial charge in [0.25, 0.3) is 5.91 Å². The molecule has 2 heterocycles. The molecule has 1 aliphatic carbocycles. The number of carbonyl (C=O) groups excluding carboxylic acids is 2. The Kier molecular flexibility index (Phi) is 7.32. The first-order valence-electron chi connectivity index (χ1n) is 12.6. The summed E-state index contributed by atoms with van der Waals surface area (Å²) < 4.78 is 16.4. The van der Waals surface area contributed by atoms with Crippen molar-refractivity contribution in [3.05, 3.63) is 63.6 Å². The van der Waals surface area contributed by atoms with Crippen LogP contribution in [0, 0.1) is 13.8 Å². The van der Waals surface area contributed by atoms with Gasteiger partial charge in [0.15, 0.2) is 11.5 Å². The Morgan fingerprint density at radius 2 is 1.78 bits per heavy atom. The quantitative estimate of drug-likeness (QED) is 0.452. The number of fused-ring (bicyclic) bond motifs is 1. The molecular formula is C28H31N3O5S. The Labute approximate surface area is 220 Å². The van der Waals surface area contributed by atoms with Crippen LogP contribution >= 0.6 is 11.3 Å². The Morgan fingerprint density at radius 1 is 1.05 bits per heavy atom. The number of benzene rings is 2. The molecule has 2 amide bonds. The molecule has 1 N–H and O–H groups in total. The number of rotatable bonds is 7. The van der Waals surface area contributed by atoms with Crippen LogP contribution < -0.4 is 24.4 Å². The molecule has 2 aliphatic rings. The van der Waals surface area contributed by atoms with Crippen LogP contribution in [0.25, 0.3) is 0 Å². The van der Waals surface area contributed by atoms with Gasteiger partial charge in [-0.15, -0.1) is 11.3 Å². The molecular weight excluding hydrogens is 490 g/mol. The minimum atomic E-state index is -0.914. The standard InChI is InChI=1S/C28H31N3O5S/c1-17-26(37-18(2)29-17)28(33)31(21-11-14-23-24(15-21)36-16-35-23)25(19-9-12-22(34-3)13-10-19)27(32)30-20-7-5-4-6-8-20/h9-15,20,25H,4-8,16H2,1-3H3,(H,30,32). The summed E-state index contributed by atoms with van der Waals surface area (Å²) in [5.41, 5.74) is 1.86. The van der Waals surface area contributed by atoms with Gasteiger partial charge in [-0.2, -0.15) is 0 Å². The van der Waals surface area contributed by atoms with Crippen LogP contribution in [-0.2, 0) is 4.79 Å². The van der Waals surface area contributed by atoms with Gasteiger partial charge in [0.05, 0.1) is 17.8 Å². The number of carbonyl (C=O) groups is 2. The molecule has 1 saturated carbocycles. The Balaban J connectivity index is 1.62. The second kappa shape index (κ2) is 10.8. The summed E-state index contributed by atoms with van der Waals surface area (Å²) >= 11 is 1.33. The van der Waals surface area contributed by atoms with Crippen LogP contribution in [-0.4, -0.2) is 36.7 Å². The number of aryl methyl sites for hydroxylation is 2.